The minimum absolute atomic E-state index is 0.193. The number of hydrogen-bond donors (Lipinski definition) is 0. The Morgan fingerprint density at radius 3 is 2.71 bits per heavy atom. The Hall–Kier alpha value is -2.74. The maximum Gasteiger partial charge on any atom is 0.283 e. The van der Waals surface area contributed by atoms with Crippen molar-refractivity contribution in [2.24, 2.45) is 4.99 Å². The van der Waals surface area contributed by atoms with Crippen molar-refractivity contribution in [3.05, 3.63) is 81.6 Å². The van der Waals surface area contributed by atoms with E-state index in [1.54, 1.807) is 47.6 Å². The van der Waals surface area contributed by atoms with Gasteiger partial charge in [-0.05, 0) is 47.9 Å². The molecule has 5 nitrogen and oxygen atoms in total. The zero-order valence-electron chi connectivity index (χ0n) is 16.7. The van der Waals surface area contributed by atoms with Gasteiger partial charge in [0, 0.05) is 10.6 Å². The van der Waals surface area contributed by atoms with E-state index in [0.717, 1.165) is 10.6 Å². The van der Waals surface area contributed by atoms with Crippen LogP contribution in [0.4, 0.5) is 5.69 Å². The molecule has 0 bridgehead atoms. The van der Waals surface area contributed by atoms with Crippen LogP contribution in [0, 0.1) is 0 Å². The number of carbonyl (C=O) groups is 1. The van der Waals surface area contributed by atoms with Gasteiger partial charge in [0.2, 0.25) is 0 Å². The lowest BCUT2D eigenvalue weighted by Gasteiger charge is -2.18. The Labute approximate surface area is 194 Å². The van der Waals surface area contributed by atoms with E-state index in [2.05, 4.69) is 4.99 Å². The molecule has 3 aromatic rings. The predicted octanol–water partition coefficient (Wildman–Crippen LogP) is 5.97. The number of methoxy groups -OCH3 is 1. The highest BCUT2D eigenvalue weighted by molar-refractivity contribution is 8.14. The standard InChI is InChI=1S/C23H19ClN2O3S2/c1-28-21-10-9-16(14-19(21)24)26-22(27)20(15-18-8-5-12-30-18)25-23(26)31-13-11-29-17-6-3-2-4-7-17/h2-10,12,14-15H,11,13H2,1H3/b20-15-. The molecule has 2 heterocycles. The molecule has 2 aromatic carbocycles. The molecule has 1 aromatic heterocycles. The fourth-order valence-corrected chi connectivity index (χ4v) is 4.67. The zero-order chi connectivity index (χ0) is 21.6. The summed E-state index contributed by atoms with van der Waals surface area (Å²) < 4.78 is 11.0. The predicted molar refractivity (Wildman–Crippen MR) is 130 cm³/mol. The number of nitrogens with zero attached hydrogens (tertiary/aromatic N) is 2. The largest absolute Gasteiger partial charge is 0.495 e. The molecular weight excluding hydrogens is 452 g/mol. The van der Waals surface area contributed by atoms with Gasteiger partial charge < -0.3 is 9.47 Å². The van der Waals surface area contributed by atoms with Crippen LogP contribution in [0.15, 0.2) is 76.7 Å². The molecule has 0 spiro atoms. The monoisotopic (exact) mass is 470 g/mol. The summed E-state index contributed by atoms with van der Waals surface area (Å²) in [4.78, 5) is 20.4. The molecule has 8 heteroatoms. The molecule has 0 saturated heterocycles. The number of amides is 1. The highest BCUT2D eigenvalue weighted by Crippen LogP contribution is 2.34. The number of ether oxygens (including phenoxy) is 2. The average molecular weight is 471 g/mol. The number of thioether (sulfide) groups is 1. The van der Waals surface area contributed by atoms with Crippen LogP contribution < -0.4 is 14.4 Å². The van der Waals surface area contributed by atoms with Gasteiger partial charge in [0.05, 0.1) is 24.4 Å². The van der Waals surface area contributed by atoms with Crippen LogP contribution >= 0.6 is 34.7 Å². The zero-order valence-corrected chi connectivity index (χ0v) is 19.0. The molecule has 0 fully saturated rings. The number of aliphatic imine (C=N–C) groups is 1. The molecule has 31 heavy (non-hydrogen) atoms. The number of amidine groups is 1. The second-order valence-corrected chi connectivity index (χ2v) is 8.86. The molecule has 0 atom stereocenters. The summed E-state index contributed by atoms with van der Waals surface area (Å²) in [6.45, 7) is 0.489. The van der Waals surface area contributed by atoms with Gasteiger partial charge >= 0.3 is 0 Å². The maximum absolute atomic E-state index is 13.2. The Morgan fingerprint density at radius 1 is 1.16 bits per heavy atom. The molecule has 0 saturated carbocycles. The van der Waals surface area contributed by atoms with E-state index in [1.807, 2.05) is 47.8 Å². The third kappa shape index (κ3) is 5.12. The van der Waals surface area contributed by atoms with Crippen LogP contribution in [0.1, 0.15) is 4.88 Å². The number of para-hydroxylation sites is 1. The lowest BCUT2D eigenvalue weighted by Crippen LogP contribution is -2.30. The number of rotatable bonds is 7. The van der Waals surface area contributed by atoms with Gasteiger partial charge in [-0.2, -0.15) is 0 Å². The average Bonchev–Trinajstić information content (AvgIpc) is 3.40. The minimum atomic E-state index is -0.193. The van der Waals surface area contributed by atoms with Crippen molar-refractivity contribution < 1.29 is 14.3 Å². The summed E-state index contributed by atoms with van der Waals surface area (Å²) in [5.41, 5.74) is 1.03. The lowest BCUT2D eigenvalue weighted by molar-refractivity contribution is -0.113. The molecular formula is C23H19ClN2O3S2. The molecule has 4 rings (SSSR count). The van der Waals surface area contributed by atoms with Gasteiger partial charge in [-0.3, -0.25) is 9.69 Å². The van der Waals surface area contributed by atoms with Crippen molar-refractivity contribution in [1.29, 1.82) is 0 Å². The van der Waals surface area contributed by atoms with Crippen molar-refractivity contribution in [3.8, 4) is 11.5 Å². The molecule has 1 aliphatic rings. The Bertz CT molecular complexity index is 1120. The van der Waals surface area contributed by atoms with Crippen molar-refractivity contribution >= 4 is 57.5 Å². The van der Waals surface area contributed by atoms with Crippen molar-refractivity contribution in [2.75, 3.05) is 24.4 Å². The van der Waals surface area contributed by atoms with Crippen LogP contribution in [0.25, 0.3) is 6.08 Å². The van der Waals surface area contributed by atoms with Crippen LogP contribution in [-0.4, -0.2) is 30.5 Å². The van der Waals surface area contributed by atoms with E-state index in [-0.39, 0.29) is 5.91 Å². The minimum Gasteiger partial charge on any atom is -0.495 e. The first-order valence-electron chi connectivity index (χ1n) is 9.48. The van der Waals surface area contributed by atoms with E-state index in [0.29, 0.717) is 39.7 Å². The number of hydrogen-bond acceptors (Lipinski definition) is 6. The topological polar surface area (TPSA) is 51.1 Å². The molecule has 0 N–H and O–H groups in total. The third-order valence-corrected chi connectivity index (χ3v) is 6.39. The van der Waals surface area contributed by atoms with Crippen molar-refractivity contribution in [3.63, 3.8) is 0 Å². The summed E-state index contributed by atoms with van der Waals surface area (Å²) in [6.07, 6.45) is 1.80. The number of thiophene rings is 1. The quantitative estimate of drug-likeness (QED) is 0.315. The fourth-order valence-electron chi connectivity index (χ4n) is 2.93. The first-order valence-corrected chi connectivity index (χ1v) is 11.7. The summed E-state index contributed by atoms with van der Waals surface area (Å²) >= 11 is 9.32. The second kappa shape index (κ2) is 10.0. The van der Waals surface area contributed by atoms with Gasteiger partial charge in [0.15, 0.2) is 5.17 Å². The third-order valence-electron chi connectivity index (χ3n) is 4.37. The van der Waals surface area contributed by atoms with E-state index >= 15 is 0 Å². The van der Waals surface area contributed by atoms with E-state index in [9.17, 15) is 4.79 Å². The van der Waals surface area contributed by atoms with Crippen LogP contribution in [0.2, 0.25) is 5.02 Å². The number of carbonyl (C=O) groups excluding carboxylic acids is 1. The van der Waals surface area contributed by atoms with E-state index in [4.69, 9.17) is 21.1 Å². The maximum atomic E-state index is 13.2. The first-order chi connectivity index (χ1) is 15.2. The lowest BCUT2D eigenvalue weighted by atomic mass is 10.2. The van der Waals surface area contributed by atoms with Crippen LogP contribution in [0.5, 0.6) is 11.5 Å². The molecule has 0 unspecified atom stereocenters. The highest BCUT2D eigenvalue weighted by Gasteiger charge is 2.32. The molecule has 1 aliphatic heterocycles. The second-order valence-electron chi connectivity index (χ2n) is 6.41. The summed E-state index contributed by atoms with van der Waals surface area (Å²) in [5.74, 6) is 1.80. The fraction of sp³-hybridized carbons (Fsp3) is 0.130. The smallest absolute Gasteiger partial charge is 0.283 e. The van der Waals surface area contributed by atoms with E-state index in [1.165, 1.54) is 11.8 Å². The van der Waals surface area contributed by atoms with Gasteiger partial charge in [-0.15, -0.1) is 11.3 Å². The summed E-state index contributed by atoms with van der Waals surface area (Å²) in [7, 11) is 1.55. The van der Waals surface area contributed by atoms with Gasteiger partial charge in [0.1, 0.15) is 17.2 Å². The van der Waals surface area contributed by atoms with E-state index < -0.39 is 0 Å². The Morgan fingerprint density at radius 2 is 2.00 bits per heavy atom. The number of benzene rings is 2. The van der Waals surface area contributed by atoms with Crippen molar-refractivity contribution in [2.45, 2.75) is 0 Å². The molecule has 0 radical (unpaired) electrons. The Balaban J connectivity index is 1.54. The molecule has 1 amide bonds. The van der Waals surface area contributed by atoms with Gasteiger partial charge in [0.25, 0.3) is 5.91 Å². The van der Waals surface area contributed by atoms with Crippen LogP contribution in [-0.2, 0) is 4.79 Å². The Kier molecular flexibility index (Phi) is 6.96. The number of anilines is 1. The van der Waals surface area contributed by atoms with Crippen molar-refractivity contribution in [1.82, 2.24) is 0 Å². The number of halogens is 1. The molecule has 158 valence electrons. The molecule has 0 aliphatic carbocycles. The summed E-state index contributed by atoms with van der Waals surface area (Å²) in [5, 5.41) is 2.98. The first kappa shape index (κ1) is 21.5. The SMILES string of the molecule is COc1ccc(N2C(=O)/C(=C/c3cccs3)N=C2SCCOc2ccccc2)cc1Cl. The highest BCUT2D eigenvalue weighted by atomic mass is 35.5. The van der Waals surface area contributed by atoms with Gasteiger partial charge in [-0.1, -0.05) is 47.6 Å². The van der Waals surface area contributed by atoms with Gasteiger partial charge in [-0.25, -0.2) is 4.99 Å². The normalized spacial score (nSPS) is 14.8. The van der Waals surface area contributed by atoms with Crippen LogP contribution in [0.3, 0.4) is 0 Å². The summed E-state index contributed by atoms with van der Waals surface area (Å²) in [6, 6.07) is 18.8.